The van der Waals surface area contributed by atoms with E-state index in [1.165, 1.54) is 18.2 Å². The number of ether oxygens (including phenoxy) is 1. The van der Waals surface area contributed by atoms with Gasteiger partial charge < -0.3 is 20.1 Å². The van der Waals surface area contributed by atoms with E-state index < -0.39 is 11.7 Å². The molecule has 1 unspecified atom stereocenters. The quantitative estimate of drug-likeness (QED) is 0.806. The molecule has 2 rings (SSSR count). The summed E-state index contributed by atoms with van der Waals surface area (Å²) in [5.74, 6) is -0.169. The summed E-state index contributed by atoms with van der Waals surface area (Å²) in [5, 5.41) is 11.8. The smallest absolute Gasteiger partial charge is 0.419 e. The molecule has 0 radical (unpaired) electrons. The van der Waals surface area contributed by atoms with Crippen LogP contribution in [0.15, 0.2) is 24.3 Å². The average Bonchev–Trinajstić information content (AvgIpc) is 2.58. The van der Waals surface area contributed by atoms with Gasteiger partial charge in [0.25, 0.3) is 0 Å². The molecule has 0 aliphatic carbocycles. The van der Waals surface area contributed by atoms with E-state index in [1.54, 1.807) is 4.90 Å². The molecule has 5 nitrogen and oxygen atoms in total. The summed E-state index contributed by atoms with van der Waals surface area (Å²) in [5.41, 5.74) is -0.835. The van der Waals surface area contributed by atoms with Crippen LogP contribution in [-0.4, -0.2) is 48.9 Å². The monoisotopic (exact) mass is 346 g/mol. The van der Waals surface area contributed by atoms with Crippen molar-refractivity contribution >= 4 is 6.03 Å². The molecule has 0 bridgehead atoms. The van der Waals surface area contributed by atoms with Crippen molar-refractivity contribution in [1.29, 1.82) is 0 Å². The van der Waals surface area contributed by atoms with Crippen molar-refractivity contribution in [2.75, 3.05) is 32.8 Å². The second-order valence-electron chi connectivity index (χ2n) is 5.71. The minimum Gasteiger partial charge on any atom is -0.491 e. The van der Waals surface area contributed by atoms with Crippen LogP contribution in [0.2, 0.25) is 0 Å². The largest absolute Gasteiger partial charge is 0.491 e. The molecule has 1 saturated heterocycles. The number of para-hydroxylation sites is 1. The zero-order valence-corrected chi connectivity index (χ0v) is 13.2. The third kappa shape index (κ3) is 5.02. The minimum atomic E-state index is -4.48. The van der Waals surface area contributed by atoms with Gasteiger partial charge in [-0.25, -0.2) is 4.79 Å². The lowest BCUT2D eigenvalue weighted by Gasteiger charge is -2.31. The number of hydrogen-bond donors (Lipinski definition) is 2. The third-order valence-corrected chi connectivity index (χ3v) is 3.89. The maximum atomic E-state index is 12.8. The van der Waals surface area contributed by atoms with E-state index in [9.17, 15) is 18.0 Å². The molecule has 1 aromatic carbocycles. The second kappa shape index (κ2) is 8.23. The highest BCUT2D eigenvalue weighted by atomic mass is 19.4. The molecule has 2 N–H and O–H groups in total. The first kappa shape index (κ1) is 18.4. The van der Waals surface area contributed by atoms with E-state index in [2.05, 4.69) is 5.32 Å². The Hall–Kier alpha value is -1.96. The number of hydrogen-bond acceptors (Lipinski definition) is 3. The fourth-order valence-electron chi connectivity index (χ4n) is 2.66. The predicted octanol–water partition coefficient (Wildman–Crippen LogP) is 2.50. The number of urea groups is 1. The third-order valence-electron chi connectivity index (χ3n) is 3.89. The molecule has 24 heavy (non-hydrogen) atoms. The minimum absolute atomic E-state index is 0.0428. The molecule has 1 aliphatic heterocycles. The van der Waals surface area contributed by atoms with E-state index in [4.69, 9.17) is 9.84 Å². The number of carbonyl (C=O) groups is 1. The van der Waals surface area contributed by atoms with Gasteiger partial charge in [0, 0.05) is 19.7 Å². The van der Waals surface area contributed by atoms with E-state index >= 15 is 0 Å². The second-order valence-corrected chi connectivity index (χ2v) is 5.71. The van der Waals surface area contributed by atoms with Crippen LogP contribution < -0.4 is 10.1 Å². The van der Waals surface area contributed by atoms with Crippen molar-refractivity contribution in [2.24, 2.45) is 5.92 Å². The molecule has 1 atom stereocenters. The Morgan fingerprint density at radius 2 is 2.12 bits per heavy atom. The standard InChI is InChI=1S/C16H21F3N2O3/c17-16(18,19)13-5-1-2-6-14(13)24-9-7-20-15(23)21-8-3-4-12(10-21)11-22/h1-2,5-6,12,22H,3-4,7-11H2,(H,20,23). The zero-order valence-electron chi connectivity index (χ0n) is 13.2. The fraction of sp³-hybridized carbons (Fsp3) is 0.562. The number of likely N-dealkylation sites (tertiary alicyclic amines) is 1. The topological polar surface area (TPSA) is 61.8 Å². The van der Waals surface area contributed by atoms with Crippen molar-refractivity contribution in [3.05, 3.63) is 29.8 Å². The maximum Gasteiger partial charge on any atom is 0.419 e. The molecule has 1 heterocycles. The summed E-state index contributed by atoms with van der Waals surface area (Å²) in [4.78, 5) is 13.6. The summed E-state index contributed by atoms with van der Waals surface area (Å²) in [7, 11) is 0. The Labute approximate surface area is 138 Å². The zero-order chi connectivity index (χ0) is 17.6. The molecular weight excluding hydrogens is 325 g/mol. The van der Waals surface area contributed by atoms with E-state index in [0.29, 0.717) is 13.1 Å². The van der Waals surface area contributed by atoms with Gasteiger partial charge in [-0.1, -0.05) is 12.1 Å². The summed E-state index contributed by atoms with van der Waals surface area (Å²) >= 11 is 0. The number of carbonyl (C=O) groups excluding carboxylic acids is 1. The highest BCUT2D eigenvalue weighted by Gasteiger charge is 2.34. The number of aliphatic hydroxyl groups excluding tert-OH is 1. The van der Waals surface area contributed by atoms with Crippen LogP contribution in [0.4, 0.5) is 18.0 Å². The van der Waals surface area contributed by atoms with Crippen LogP contribution in [0.1, 0.15) is 18.4 Å². The number of nitrogens with zero attached hydrogens (tertiary/aromatic N) is 1. The Bertz CT molecular complexity index is 552. The van der Waals surface area contributed by atoms with Gasteiger partial charge >= 0.3 is 12.2 Å². The lowest BCUT2D eigenvalue weighted by Crippen LogP contribution is -2.47. The maximum absolute atomic E-state index is 12.8. The summed E-state index contributed by atoms with van der Waals surface area (Å²) in [6.07, 6.45) is -2.77. The highest BCUT2D eigenvalue weighted by Crippen LogP contribution is 2.35. The fourth-order valence-corrected chi connectivity index (χ4v) is 2.66. The van der Waals surface area contributed by atoms with E-state index in [1.807, 2.05) is 0 Å². The Kier molecular flexibility index (Phi) is 6.30. The Morgan fingerprint density at radius 3 is 2.83 bits per heavy atom. The molecule has 0 aromatic heterocycles. The number of alkyl halides is 3. The number of aliphatic hydroxyl groups is 1. The van der Waals surface area contributed by atoms with E-state index in [-0.39, 0.29) is 37.5 Å². The van der Waals surface area contributed by atoms with Crippen molar-refractivity contribution in [3.8, 4) is 5.75 Å². The van der Waals surface area contributed by atoms with Gasteiger partial charge in [0.1, 0.15) is 12.4 Å². The van der Waals surface area contributed by atoms with Crippen molar-refractivity contribution in [1.82, 2.24) is 10.2 Å². The van der Waals surface area contributed by atoms with Gasteiger partial charge in [-0.3, -0.25) is 0 Å². The van der Waals surface area contributed by atoms with Crippen molar-refractivity contribution in [2.45, 2.75) is 19.0 Å². The van der Waals surface area contributed by atoms with Crippen LogP contribution >= 0.6 is 0 Å². The molecule has 134 valence electrons. The first-order valence-corrected chi connectivity index (χ1v) is 7.84. The van der Waals surface area contributed by atoms with Crippen LogP contribution in [0.3, 0.4) is 0 Å². The molecule has 8 heteroatoms. The molecule has 1 aliphatic rings. The molecule has 2 amide bonds. The number of amides is 2. The first-order chi connectivity index (χ1) is 11.4. The average molecular weight is 346 g/mol. The van der Waals surface area contributed by atoms with Crippen molar-refractivity contribution < 1.29 is 27.8 Å². The number of piperidine rings is 1. The number of nitrogens with one attached hydrogen (secondary N) is 1. The van der Waals surface area contributed by atoms with Gasteiger partial charge in [-0.15, -0.1) is 0 Å². The molecular formula is C16H21F3N2O3. The van der Waals surface area contributed by atoms with Gasteiger partial charge in [0.2, 0.25) is 0 Å². The van der Waals surface area contributed by atoms with Crippen LogP contribution in [0, 0.1) is 5.92 Å². The van der Waals surface area contributed by atoms with Crippen LogP contribution in [0.5, 0.6) is 5.75 Å². The SMILES string of the molecule is O=C(NCCOc1ccccc1C(F)(F)F)N1CCCC(CO)C1. The number of halogens is 3. The summed E-state index contributed by atoms with van der Waals surface area (Å²) in [6, 6.07) is 4.68. The highest BCUT2D eigenvalue weighted by molar-refractivity contribution is 5.74. The van der Waals surface area contributed by atoms with Crippen LogP contribution in [-0.2, 0) is 6.18 Å². The lowest BCUT2D eigenvalue weighted by molar-refractivity contribution is -0.138. The normalized spacial score (nSPS) is 18.3. The van der Waals surface area contributed by atoms with Crippen LogP contribution in [0.25, 0.3) is 0 Å². The van der Waals surface area contributed by atoms with Crippen molar-refractivity contribution in [3.63, 3.8) is 0 Å². The van der Waals surface area contributed by atoms with Gasteiger partial charge in [-0.05, 0) is 30.9 Å². The van der Waals surface area contributed by atoms with Gasteiger partial charge in [0.05, 0.1) is 12.1 Å². The molecule has 0 saturated carbocycles. The summed E-state index contributed by atoms with van der Waals surface area (Å²) < 4.78 is 43.6. The molecule has 1 fully saturated rings. The number of rotatable bonds is 5. The lowest BCUT2D eigenvalue weighted by atomic mass is 9.99. The van der Waals surface area contributed by atoms with E-state index in [0.717, 1.165) is 18.9 Å². The van der Waals surface area contributed by atoms with Gasteiger partial charge in [-0.2, -0.15) is 13.2 Å². The van der Waals surface area contributed by atoms with Gasteiger partial charge in [0.15, 0.2) is 0 Å². The molecule has 1 aromatic rings. The number of benzene rings is 1. The molecule has 0 spiro atoms. The first-order valence-electron chi connectivity index (χ1n) is 7.84. The Morgan fingerprint density at radius 1 is 1.38 bits per heavy atom. The summed E-state index contributed by atoms with van der Waals surface area (Å²) in [6.45, 7) is 1.18. The Balaban J connectivity index is 1.78. The predicted molar refractivity (Wildman–Crippen MR) is 81.7 cm³/mol.